The van der Waals surface area contributed by atoms with Crippen LogP contribution in [0.4, 0.5) is 5.69 Å². The Hall–Kier alpha value is -1.97. The maximum absolute atomic E-state index is 5.97. The third kappa shape index (κ3) is 2.75. The van der Waals surface area contributed by atoms with E-state index in [2.05, 4.69) is 11.4 Å². The Morgan fingerprint density at radius 1 is 1.14 bits per heavy atom. The van der Waals surface area contributed by atoms with Gasteiger partial charge in [-0.15, -0.1) is 0 Å². The van der Waals surface area contributed by atoms with Gasteiger partial charge >= 0.3 is 0 Å². The van der Waals surface area contributed by atoms with Crippen LogP contribution in [0.15, 0.2) is 52.9 Å². The van der Waals surface area contributed by atoms with E-state index in [-0.39, 0.29) is 6.04 Å². The number of aryl methyl sites for hydroxylation is 1. The van der Waals surface area contributed by atoms with Crippen LogP contribution in [-0.4, -0.2) is 6.54 Å². The Morgan fingerprint density at radius 2 is 1.86 bits per heavy atom. The monoisotopic (exact) mass is 300 g/mol. The van der Waals surface area contributed by atoms with Gasteiger partial charge < -0.3 is 15.5 Å². The van der Waals surface area contributed by atoms with E-state index in [4.69, 9.17) is 21.8 Å². The smallest absolute Gasteiger partial charge is 0.134 e. The molecule has 1 aromatic heterocycles. The zero-order chi connectivity index (χ0) is 14.8. The average molecular weight is 301 g/mol. The number of furan rings is 1. The number of nitrogens with two attached hydrogens (primary N) is 1. The summed E-state index contributed by atoms with van der Waals surface area (Å²) in [5, 5.41) is 5.27. The number of fused-ring (bicyclic) bond motifs is 1. The molecule has 21 heavy (non-hydrogen) atoms. The third-order valence-electron chi connectivity index (χ3n) is 3.59. The zero-order valence-corrected chi connectivity index (χ0v) is 12.5. The van der Waals surface area contributed by atoms with Gasteiger partial charge in [0.05, 0.1) is 6.04 Å². The largest absolute Gasteiger partial charge is 0.461 e. The van der Waals surface area contributed by atoms with Crippen LogP contribution >= 0.6 is 11.6 Å². The van der Waals surface area contributed by atoms with Gasteiger partial charge in [0, 0.05) is 28.2 Å². The highest BCUT2D eigenvalue weighted by molar-refractivity contribution is 6.30. The summed E-state index contributed by atoms with van der Waals surface area (Å²) in [6.07, 6.45) is 0. The molecular formula is C17H17ClN2O. The third-order valence-corrected chi connectivity index (χ3v) is 3.84. The minimum absolute atomic E-state index is 0.00479. The molecule has 1 unspecified atom stereocenters. The lowest BCUT2D eigenvalue weighted by molar-refractivity contribution is 0.566. The molecule has 0 aliphatic heterocycles. The normalized spacial score (nSPS) is 12.5. The van der Waals surface area contributed by atoms with Crippen LogP contribution in [0.2, 0.25) is 5.02 Å². The molecule has 0 fully saturated rings. The molecule has 3 rings (SSSR count). The van der Waals surface area contributed by atoms with Crippen molar-refractivity contribution < 1.29 is 4.42 Å². The summed E-state index contributed by atoms with van der Waals surface area (Å²) >= 11 is 5.92. The fourth-order valence-corrected chi connectivity index (χ4v) is 2.74. The summed E-state index contributed by atoms with van der Waals surface area (Å²) in [7, 11) is 0. The highest BCUT2D eigenvalue weighted by Crippen LogP contribution is 2.32. The number of para-hydroxylation sites is 1. The number of rotatable bonds is 4. The van der Waals surface area contributed by atoms with Crippen molar-refractivity contribution >= 4 is 28.3 Å². The molecule has 0 bridgehead atoms. The maximum Gasteiger partial charge on any atom is 0.134 e. The first-order valence-electron chi connectivity index (χ1n) is 6.89. The Balaban J connectivity index is 1.98. The van der Waals surface area contributed by atoms with Crippen molar-refractivity contribution in [1.29, 1.82) is 0 Å². The quantitative estimate of drug-likeness (QED) is 0.745. The first-order valence-corrected chi connectivity index (χ1v) is 7.27. The Labute approximate surface area is 128 Å². The van der Waals surface area contributed by atoms with Crippen molar-refractivity contribution in [3.05, 3.63) is 64.9 Å². The second-order valence-corrected chi connectivity index (χ2v) is 5.44. The van der Waals surface area contributed by atoms with E-state index in [1.807, 2.05) is 49.4 Å². The number of hydrogen-bond acceptors (Lipinski definition) is 3. The van der Waals surface area contributed by atoms with E-state index in [0.717, 1.165) is 33.0 Å². The molecule has 0 aliphatic carbocycles. The molecule has 0 aliphatic rings. The van der Waals surface area contributed by atoms with E-state index < -0.39 is 0 Å². The first-order chi connectivity index (χ1) is 10.2. The van der Waals surface area contributed by atoms with Gasteiger partial charge in [-0.2, -0.15) is 0 Å². The lowest BCUT2D eigenvalue weighted by atomic mass is 10.0. The predicted octanol–water partition coefficient (Wildman–Crippen LogP) is 4.51. The summed E-state index contributed by atoms with van der Waals surface area (Å²) in [6, 6.07) is 15.6. The standard InChI is InChI=1S/C17H17ClN2O/c1-11-17(14-4-2-3-5-16(14)21-11)15(10-19)20-13-8-6-12(18)7-9-13/h2-9,15,20H,10,19H2,1H3. The highest BCUT2D eigenvalue weighted by Gasteiger charge is 2.19. The molecule has 1 atom stereocenters. The van der Waals surface area contributed by atoms with E-state index in [0.29, 0.717) is 6.54 Å². The van der Waals surface area contributed by atoms with Crippen LogP contribution in [0, 0.1) is 6.92 Å². The molecule has 0 amide bonds. The van der Waals surface area contributed by atoms with Gasteiger partial charge in [-0.05, 0) is 37.3 Å². The van der Waals surface area contributed by atoms with Crippen LogP contribution < -0.4 is 11.1 Å². The first kappa shape index (κ1) is 14.0. The number of benzene rings is 2. The van der Waals surface area contributed by atoms with Crippen molar-refractivity contribution in [3.8, 4) is 0 Å². The van der Waals surface area contributed by atoms with E-state index in [1.54, 1.807) is 0 Å². The minimum Gasteiger partial charge on any atom is -0.461 e. The van der Waals surface area contributed by atoms with Gasteiger partial charge in [0.25, 0.3) is 0 Å². The highest BCUT2D eigenvalue weighted by atomic mass is 35.5. The summed E-state index contributed by atoms with van der Waals surface area (Å²) in [6.45, 7) is 2.45. The fraction of sp³-hybridized carbons (Fsp3) is 0.176. The molecule has 108 valence electrons. The maximum atomic E-state index is 5.97. The van der Waals surface area contributed by atoms with Crippen molar-refractivity contribution in [2.75, 3.05) is 11.9 Å². The summed E-state index contributed by atoms with van der Waals surface area (Å²) in [5.74, 6) is 0.896. The van der Waals surface area contributed by atoms with E-state index in [9.17, 15) is 0 Å². The van der Waals surface area contributed by atoms with Crippen LogP contribution in [0.3, 0.4) is 0 Å². The Kier molecular flexibility index (Phi) is 3.86. The van der Waals surface area contributed by atoms with Gasteiger partial charge in [-0.25, -0.2) is 0 Å². The molecule has 4 heteroatoms. The van der Waals surface area contributed by atoms with Crippen molar-refractivity contribution in [2.24, 2.45) is 5.73 Å². The SMILES string of the molecule is Cc1oc2ccccc2c1C(CN)Nc1ccc(Cl)cc1. The second-order valence-electron chi connectivity index (χ2n) is 5.01. The molecule has 3 aromatic rings. The van der Waals surface area contributed by atoms with E-state index >= 15 is 0 Å². The van der Waals surface area contributed by atoms with Gasteiger partial charge in [0.2, 0.25) is 0 Å². The summed E-state index contributed by atoms with van der Waals surface area (Å²) < 4.78 is 5.82. The molecule has 0 radical (unpaired) electrons. The number of hydrogen-bond donors (Lipinski definition) is 2. The second kappa shape index (κ2) is 5.80. The topological polar surface area (TPSA) is 51.2 Å². The van der Waals surface area contributed by atoms with Gasteiger partial charge in [0.15, 0.2) is 0 Å². The van der Waals surface area contributed by atoms with Crippen LogP contribution in [-0.2, 0) is 0 Å². The summed E-state index contributed by atoms with van der Waals surface area (Å²) in [5.41, 5.74) is 8.96. The molecule has 3 N–H and O–H groups in total. The van der Waals surface area contributed by atoms with Crippen molar-refractivity contribution in [1.82, 2.24) is 0 Å². The number of anilines is 1. The van der Waals surface area contributed by atoms with Gasteiger partial charge in [-0.1, -0.05) is 29.8 Å². The minimum atomic E-state index is -0.00479. The number of halogens is 1. The number of nitrogens with one attached hydrogen (secondary N) is 1. The summed E-state index contributed by atoms with van der Waals surface area (Å²) in [4.78, 5) is 0. The Bertz CT molecular complexity index is 749. The van der Waals surface area contributed by atoms with Crippen LogP contribution in [0.1, 0.15) is 17.4 Å². The molecule has 0 spiro atoms. The van der Waals surface area contributed by atoms with Gasteiger partial charge in [-0.3, -0.25) is 0 Å². The molecular weight excluding hydrogens is 284 g/mol. The average Bonchev–Trinajstić information content (AvgIpc) is 2.83. The van der Waals surface area contributed by atoms with Crippen LogP contribution in [0.5, 0.6) is 0 Å². The molecule has 3 nitrogen and oxygen atoms in total. The predicted molar refractivity (Wildman–Crippen MR) is 87.8 cm³/mol. The lowest BCUT2D eigenvalue weighted by Crippen LogP contribution is -2.21. The van der Waals surface area contributed by atoms with Crippen molar-refractivity contribution in [3.63, 3.8) is 0 Å². The molecule has 1 heterocycles. The zero-order valence-electron chi connectivity index (χ0n) is 11.8. The lowest BCUT2D eigenvalue weighted by Gasteiger charge is -2.18. The fourth-order valence-electron chi connectivity index (χ4n) is 2.62. The Morgan fingerprint density at radius 3 is 2.57 bits per heavy atom. The van der Waals surface area contributed by atoms with Gasteiger partial charge in [0.1, 0.15) is 11.3 Å². The molecule has 0 saturated heterocycles. The van der Waals surface area contributed by atoms with E-state index in [1.165, 1.54) is 0 Å². The van der Waals surface area contributed by atoms with Crippen LogP contribution in [0.25, 0.3) is 11.0 Å². The van der Waals surface area contributed by atoms with Crippen molar-refractivity contribution in [2.45, 2.75) is 13.0 Å². The molecule has 2 aromatic carbocycles. The molecule has 0 saturated carbocycles.